The van der Waals surface area contributed by atoms with Gasteiger partial charge in [-0.3, -0.25) is 0 Å². The summed E-state index contributed by atoms with van der Waals surface area (Å²) in [5, 5.41) is 9.70. The molecule has 2 rings (SSSR count). The Balaban J connectivity index is 1.93. The topological polar surface area (TPSA) is 33.0 Å². The quantitative estimate of drug-likeness (QED) is 0.753. The molecule has 1 aromatic heterocycles. The Morgan fingerprint density at radius 2 is 2.18 bits per heavy atom. The first kappa shape index (κ1) is 12.1. The first-order valence-electron chi connectivity index (χ1n) is 5.73. The van der Waals surface area contributed by atoms with Gasteiger partial charge in [0.2, 0.25) is 0 Å². The smallest absolute Gasteiger partial charge is 0.0645 e. The van der Waals surface area contributed by atoms with Crippen LogP contribution in [0.4, 0.5) is 0 Å². The fourth-order valence-electron chi connectivity index (χ4n) is 1.79. The second-order valence-corrected chi connectivity index (χ2v) is 5.29. The molecule has 2 nitrogen and oxygen atoms in total. The zero-order valence-electron chi connectivity index (χ0n) is 9.90. The van der Waals surface area contributed by atoms with E-state index >= 15 is 0 Å². The number of nitrogens with zero attached hydrogens (tertiary/aromatic N) is 1. The standard InChI is InChI=1S/C14H15NOS/c1-11-9-13-10-12(3-4-14(13)17-11)5-8-16-7-2-6-15/h3-4,9-10H,2,5,7-8H2,1H3. The highest BCUT2D eigenvalue weighted by molar-refractivity contribution is 7.19. The Morgan fingerprint density at radius 3 is 3.00 bits per heavy atom. The van der Waals surface area contributed by atoms with Gasteiger partial charge in [-0.05, 0) is 36.4 Å². The molecular weight excluding hydrogens is 230 g/mol. The highest BCUT2D eigenvalue weighted by Crippen LogP contribution is 2.25. The number of nitriles is 1. The van der Waals surface area contributed by atoms with E-state index in [1.165, 1.54) is 20.5 Å². The lowest BCUT2D eigenvalue weighted by Gasteiger charge is -2.02. The molecule has 0 fully saturated rings. The first-order chi connectivity index (χ1) is 8.29. The van der Waals surface area contributed by atoms with E-state index in [0.29, 0.717) is 19.6 Å². The van der Waals surface area contributed by atoms with E-state index in [2.05, 4.69) is 37.3 Å². The maximum absolute atomic E-state index is 8.37. The van der Waals surface area contributed by atoms with Crippen molar-refractivity contribution in [2.24, 2.45) is 0 Å². The average molecular weight is 245 g/mol. The van der Waals surface area contributed by atoms with Crippen molar-refractivity contribution in [3.05, 3.63) is 34.7 Å². The van der Waals surface area contributed by atoms with Crippen molar-refractivity contribution in [1.82, 2.24) is 0 Å². The van der Waals surface area contributed by atoms with Crippen LogP contribution in [0.15, 0.2) is 24.3 Å². The Kier molecular flexibility index (Phi) is 4.13. The number of thiophene rings is 1. The number of hydrogen-bond acceptors (Lipinski definition) is 3. The summed E-state index contributed by atoms with van der Waals surface area (Å²) in [7, 11) is 0. The minimum atomic E-state index is 0.475. The van der Waals surface area contributed by atoms with Crippen molar-refractivity contribution in [3.8, 4) is 6.07 Å². The molecule has 0 atom stereocenters. The number of ether oxygens (including phenoxy) is 1. The molecule has 0 amide bonds. The maximum atomic E-state index is 8.37. The van der Waals surface area contributed by atoms with Crippen LogP contribution >= 0.6 is 11.3 Å². The van der Waals surface area contributed by atoms with Crippen molar-refractivity contribution < 1.29 is 4.74 Å². The van der Waals surface area contributed by atoms with Gasteiger partial charge >= 0.3 is 0 Å². The minimum Gasteiger partial charge on any atom is -0.380 e. The summed E-state index contributed by atoms with van der Waals surface area (Å²) in [5.41, 5.74) is 1.30. The van der Waals surface area contributed by atoms with E-state index in [0.717, 1.165) is 6.42 Å². The third-order valence-corrected chi connectivity index (χ3v) is 3.63. The van der Waals surface area contributed by atoms with Crippen LogP contribution < -0.4 is 0 Å². The van der Waals surface area contributed by atoms with Gasteiger partial charge in [0.25, 0.3) is 0 Å². The molecule has 0 saturated carbocycles. The monoisotopic (exact) mass is 245 g/mol. The summed E-state index contributed by atoms with van der Waals surface area (Å²) < 4.78 is 6.72. The zero-order valence-corrected chi connectivity index (χ0v) is 10.7. The number of aryl methyl sites for hydroxylation is 1. The molecule has 1 heterocycles. The first-order valence-corrected chi connectivity index (χ1v) is 6.55. The van der Waals surface area contributed by atoms with E-state index in [9.17, 15) is 0 Å². The molecule has 0 aliphatic carbocycles. The molecule has 1 aromatic carbocycles. The van der Waals surface area contributed by atoms with Crippen molar-refractivity contribution in [3.63, 3.8) is 0 Å². The Bertz CT molecular complexity index is 539. The second-order valence-electron chi connectivity index (χ2n) is 4.00. The molecule has 0 radical (unpaired) electrons. The van der Waals surface area contributed by atoms with Crippen LogP contribution in [0.3, 0.4) is 0 Å². The molecule has 0 aliphatic rings. The van der Waals surface area contributed by atoms with Crippen LogP contribution in [0.5, 0.6) is 0 Å². The predicted octanol–water partition coefficient (Wildman–Crippen LogP) is 3.68. The van der Waals surface area contributed by atoms with Crippen molar-refractivity contribution in [2.45, 2.75) is 19.8 Å². The normalized spacial score (nSPS) is 10.6. The van der Waals surface area contributed by atoms with Gasteiger partial charge in [0.1, 0.15) is 0 Å². The summed E-state index contributed by atoms with van der Waals surface area (Å²) in [6.07, 6.45) is 1.39. The van der Waals surface area contributed by atoms with E-state index in [4.69, 9.17) is 10.00 Å². The summed E-state index contributed by atoms with van der Waals surface area (Å²) in [4.78, 5) is 1.35. The van der Waals surface area contributed by atoms with Gasteiger partial charge in [-0.15, -0.1) is 11.3 Å². The van der Waals surface area contributed by atoms with E-state index in [1.54, 1.807) is 0 Å². The van der Waals surface area contributed by atoms with Gasteiger partial charge in [0.15, 0.2) is 0 Å². The molecule has 0 aliphatic heterocycles. The largest absolute Gasteiger partial charge is 0.380 e. The zero-order chi connectivity index (χ0) is 12.1. The number of benzene rings is 1. The second kappa shape index (κ2) is 5.81. The third kappa shape index (κ3) is 3.29. The highest BCUT2D eigenvalue weighted by Gasteiger charge is 2.00. The van der Waals surface area contributed by atoms with Gasteiger partial charge in [0.05, 0.1) is 25.7 Å². The molecule has 0 bridgehead atoms. The van der Waals surface area contributed by atoms with Crippen LogP contribution in [-0.4, -0.2) is 13.2 Å². The van der Waals surface area contributed by atoms with Gasteiger partial charge in [0, 0.05) is 9.58 Å². The van der Waals surface area contributed by atoms with Crippen LogP contribution in [-0.2, 0) is 11.2 Å². The molecule has 2 aromatic rings. The molecule has 0 N–H and O–H groups in total. The third-order valence-electron chi connectivity index (χ3n) is 2.60. The van der Waals surface area contributed by atoms with Crippen molar-refractivity contribution >= 4 is 21.4 Å². The fraction of sp³-hybridized carbons (Fsp3) is 0.357. The lowest BCUT2D eigenvalue weighted by molar-refractivity contribution is 0.143. The van der Waals surface area contributed by atoms with Gasteiger partial charge < -0.3 is 4.74 Å². The molecule has 0 spiro atoms. The summed E-state index contributed by atoms with van der Waals surface area (Å²) in [6, 6.07) is 10.9. The van der Waals surface area contributed by atoms with E-state index in [-0.39, 0.29) is 0 Å². The fourth-order valence-corrected chi connectivity index (χ4v) is 2.70. The van der Waals surface area contributed by atoms with Crippen molar-refractivity contribution in [1.29, 1.82) is 5.26 Å². The van der Waals surface area contributed by atoms with E-state index in [1.807, 2.05) is 11.3 Å². The Morgan fingerprint density at radius 1 is 1.29 bits per heavy atom. The van der Waals surface area contributed by atoms with Crippen molar-refractivity contribution in [2.75, 3.05) is 13.2 Å². The number of hydrogen-bond donors (Lipinski definition) is 0. The minimum absolute atomic E-state index is 0.475. The van der Waals surface area contributed by atoms with Crippen LogP contribution in [0.2, 0.25) is 0 Å². The maximum Gasteiger partial charge on any atom is 0.0645 e. The van der Waals surface area contributed by atoms with Gasteiger partial charge in [-0.2, -0.15) is 5.26 Å². The molecule has 3 heteroatoms. The van der Waals surface area contributed by atoms with E-state index < -0.39 is 0 Å². The Labute approximate surface area is 105 Å². The Hall–Kier alpha value is -1.37. The number of fused-ring (bicyclic) bond motifs is 1. The molecule has 17 heavy (non-hydrogen) atoms. The average Bonchev–Trinajstić information content (AvgIpc) is 2.68. The summed E-state index contributed by atoms with van der Waals surface area (Å²) >= 11 is 1.83. The molecule has 0 unspecified atom stereocenters. The summed E-state index contributed by atoms with van der Waals surface area (Å²) in [6.45, 7) is 3.36. The molecule has 88 valence electrons. The molecule has 0 saturated heterocycles. The molecular formula is C14H15NOS. The van der Waals surface area contributed by atoms with Crippen LogP contribution in [0, 0.1) is 18.3 Å². The number of rotatable bonds is 5. The van der Waals surface area contributed by atoms with Gasteiger partial charge in [-0.1, -0.05) is 12.1 Å². The SMILES string of the molecule is Cc1cc2cc(CCOCCC#N)ccc2s1. The lowest BCUT2D eigenvalue weighted by Crippen LogP contribution is -1.99. The summed E-state index contributed by atoms with van der Waals surface area (Å²) in [5.74, 6) is 0. The lowest BCUT2D eigenvalue weighted by atomic mass is 10.1. The highest BCUT2D eigenvalue weighted by atomic mass is 32.1. The predicted molar refractivity (Wildman–Crippen MR) is 71.3 cm³/mol. The van der Waals surface area contributed by atoms with Crippen LogP contribution in [0.25, 0.3) is 10.1 Å². The van der Waals surface area contributed by atoms with Gasteiger partial charge in [-0.25, -0.2) is 0 Å². The van der Waals surface area contributed by atoms with Crippen LogP contribution in [0.1, 0.15) is 16.9 Å².